The van der Waals surface area contributed by atoms with Crippen LogP contribution >= 0.6 is 0 Å². The lowest BCUT2D eigenvalue weighted by Gasteiger charge is -2.41. The first-order chi connectivity index (χ1) is 9.03. The van der Waals surface area contributed by atoms with Crippen LogP contribution < -0.4 is 0 Å². The number of hydrogen-bond acceptors (Lipinski definition) is 3. The van der Waals surface area contributed by atoms with Crippen molar-refractivity contribution >= 4 is 0 Å². The van der Waals surface area contributed by atoms with Gasteiger partial charge in [-0.15, -0.1) is 0 Å². The maximum absolute atomic E-state index is 9.63. The SMILES string of the molecule is Cc1cccc(CC(C)(C#N)N2CCN(C)CC2)c1. The number of likely N-dealkylation sites (N-methyl/N-ethyl adjacent to an activating group) is 1. The molecule has 1 heterocycles. The van der Waals surface area contributed by atoms with E-state index < -0.39 is 5.54 Å². The van der Waals surface area contributed by atoms with Crippen LogP contribution in [0.2, 0.25) is 0 Å². The van der Waals surface area contributed by atoms with Gasteiger partial charge >= 0.3 is 0 Å². The summed E-state index contributed by atoms with van der Waals surface area (Å²) in [5.74, 6) is 0. The number of nitriles is 1. The molecule has 1 fully saturated rings. The zero-order chi connectivity index (χ0) is 13.9. The number of hydrogen-bond donors (Lipinski definition) is 0. The smallest absolute Gasteiger partial charge is 0.110 e. The molecule has 1 aromatic carbocycles. The van der Waals surface area contributed by atoms with E-state index >= 15 is 0 Å². The Kier molecular flexibility index (Phi) is 4.24. The summed E-state index contributed by atoms with van der Waals surface area (Å²) in [5, 5.41) is 9.63. The number of nitrogens with zero attached hydrogens (tertiary/aromatic N) is 3. The Bertz CT molecular complexity index is 469. The second-order valence-corrected chi connectivity index (χ2v) is 5.84. The molecule has 0 radical (unpaired) electrons. The Morgan fingerprint density at radius 3 is 2.53 bits per heavy atom. The highest BCUT2D eigenvalue weighted by Gasteiger charge is 2.33. The summed E-state index contributed by atoms with van der Waals surface area (Å²) < 4.78 is 0. The second kappa shape index (κ2) is 5.73. The lowest BCUT2D eigenvalue weighted by Crippen LogP contribution is -2.55. The van der Waals surface area contributed by atoms with Crippen LogP contribution in [0.3, 0.4) is 0 Å². The van der Waals surface area contributed by atoms with E-state index in [0.29, 0.717) is 0 Å². The van der Waals surface area contributed by atoms with Gasteiger partial charge in [-0.1, -0.05) is 29.8 Å². The lowest BCUT2D eigenvalue weighted by atomic mass is 9.91. The third-order valence-electron chi connectivity index (χ3n) is 4.07. The fourth-order valence-corrected chi connectivity index (χ4v) is 2.74. The van der Waals surface area contributed by atoms with E-state index in [4.69, 9.17) is 0 Å². The highest BCUT2D eigenvalue weighted by Crippen LogP contribution is 2.22. The Morgan fingerprint density at radius 2 is 1.95 bits per heavy atom. The minimum atomic E-state index is -0.394. The van der Waals surface area contributed by atoms with Gasteiger partial charge in [0.05, 0.1) is 6.07 Å². The average Bonchev–Trinajstić information content (AvgIpc) is 2.39. The van der Waals surface area contributed by atoms with Crippen LogP contribution in [0.4, 0.5) is 0 Å². The first-order valence-electron chi connectivity index (χ1n) is 6.94. The lowest BCUT2D eigenvalue weighted by molar-refractivity contribution is 0.0835. The van der Waals surface area contributed by atoms with Crippen molar-refractivity contribution in [1.82, 2.24) is 9.80 Å². The van der Waals surface area contributed by atoms with Crippen molar-refractivity contribution in [2.75, 3.05) is 33.2 Å². The monoisotopic (exact) mass is 257 g/mol. The summed E-state index contributed by atoms with van der Waals surface area (Å²) in [6, 6.07) is 11.0. The van der Waals surface area contributed by atoms with Crippen LogP contribution in [-0.4, -0.2) is 48.6 Å². The molecule has 0 bridgehead atoms. The molecule has 1 aliphatic heterocycles. The molecule has 19 heavy (non-hydrogen) atoms. The van der Waals surface area contributed by atoms with E-state index in [1.54, 1.807) is 0 Å². The maximum atomic E-state index is 9.63. The van der Waals surface area contributed by atoms with Gasteiger partial charge in [-0.2, -0.15) is 5.26 Å². The number of benzene rings is 1. The zero-order valence-corrected chi connectivity index (χ0v) is 12.2. The Morgan fingerprint density at radius 1 is 1.26 bits per heavy atom. The average molecular weight is 257 g/mol. The normalized spacial score (nSPS) is 20.7. The van der Waals surface area contributed by atoms with Crippen LogP contribution in [-0.2, 0) is 6.42 Å². The predicted molar refractivity (Wildman–Crippen MR) is 78.0 cm³/mol. The molecule has 1 unspecified atom stereocenters. The Balaban J connectivity index is 2.12. The number of piperazine rings is 1. The topological polar surface area (TPSA) is 30.3 Å². The molecule has 0 spiro atoms. The highest BCUT2D eigenvalue weighted by molar-refractivity contribution is 5.26. The van der Waals surface area contributed by atoms with Crippen molar-refractivity contribution in [2.24, 2.45) is 0 Å². The highest BCUT2D eigenvalue weighted by atomic mass is 15.3. The van der Waals surface area contributed by atoms with Gasteiger partial charge in [0.2, 0.25) is 0 Å². The van der Waals surface area contributed by atoms with E-state index in [-0.39, 0.29) is 0 Å². The third kappa shape index (κ3) is 3.34. The van der Waals surface area contributed by atoms with Crippen LogP contribution in [0.5, 0.6) is 0 Å². The van der Waals surface area contributed by atoms with Gasteiger partial charge in [-0.05, 0) is 26.5 Å². The van der Waals surface area contributed by atoms with Gasteiger partial charge in [0, 0.05) is 32.6 Å². The largest absolute Gasteiger partial charge is 0.304 e. The summed E-state index contributed by atoms with van der Waals surface area (Å²) in [5.41, 5.74) is 2.12. The molecule has 3 nitrogen and oxygen atoms in total. The Hall–Kier alpha value is -1.37. The van der Waals surface area contributed by atoms with Crippen molar-refractivity contribution in [2.45, 2.75) is 25.8 Å². The molecule has 1 saturated heterocycles. The van der Waals surface area contributed by atoms with Crippen LogP contribution in [0.15, 0.2) is 24.3 Å². The Labute approximate surface area is 116 Å². The number of rotatable bonds is 3. The van der Waals surface area contributed by atoms with Gasteiger partial charge < -0.3 is 4.90 Å². The summed E-state index contributed by atoms with van der Waals surface area (Å²) in [4.78, 5) is 4.65. The van der Waals surface area contributed by atoms with Crippen LogP contribution in [0.25, 0.3) is 0 Å². The summed E-state index contributed by atoms with van der Waals surface area (Å²) >= 11 is 0. The van der Waals surface area contributed by atoms with Crippen LogP contribution in [0.1, 0.15) is 18.1 Å². The van der Waals surface area contributed by atoms with Crippen molar-refractivity contribution in [3.05, 3.63) is 35.4 Å². The molecule has 0 N–H and O–H groups in total. The third-order valence-corrected chi connectivity index (χ3v) is 4.07. The summed E-state index contributed by atoms with van der Waals surface area (Å²) in [6.07, 6.45) is 0.800. The molecule has 2 rings (SSSR count). The van der Waals surface area contributed by atoms with Crippen LogP contribution in [0, 0.1) is 18.3 Å². The van der Waals surface area contributed by atoms with Crippen molar-refractivity contribution in [3.8, 4) is 6.07 Å². The first-order valence-corrected chi connectivity index (χ1v) is 6.94. The van der Waals surface area contributed by atoms with Crippen molar-refractivity contribution in [1.29, 1.82) is 5.26 Å². The molecule has 0 saturated carbocycles. The fraction of sp³-hybridized carbons (Fsp3) is 0.562. The van der Waals surface area contributed by atoms with Gasteiger partial charge in [0.15, 0.2) is 0 Å². The molecule has 0 aromatic heterocycles. The molecular weight excluding hydrogens is 234 g/mol. The van der Waals surface area contributed by atoms with E-state index in [9.17, 15) is 5.26 Å². The van der Waals surface area contributed by atoms with Gasteiger partial charge in [-0.25, -0.2) is 0 Å². The van der Waals surface area contributed by atoms with Crippen molar-refractivity contribution in [3.63, 3.8) is 0 Å². The maximum Gasteiger partial charge on any atom is 0.110 e. The second-order valence-electron chi connectivity index (χ2n) is 5.84. The molecule has 1 atom stereocenters. The molecule has 102 valence electrons. The van der Waals surface area contributed by atoms with E-state index in [1.165, 1.54) is 11.1 Å². The minimum Gasteiger partial charge on any atom is -0.304 e. The van der Waals surface area contributed by atoms with Crippen molar-refractivity contribution < 1.29 is 0 Å². The van der Waals surface area contributed by atoms with Gasteiger partial charge in [0.1, 0.15) is 5.54 Å². The fourth-order valence-electron chi connectivity index (χ4n) is 2.74. The molecule has 0 amide bonds. The molecule has 0 aliphatic carbocycles. The zero-order valence-electron chi connectivity index (χ0n) is 12.2. The quantitative estimate of drug-likeness (QED) is 0.830. The number of aryl methyl sites for hydroxylation is 1. The molecule has 3 heteroatoms. The predicted octanol–water partition coefficient (Wildman–Crippen LogP) is 2.07. The first kappa shape index (κ1) is 14.0. The van der Waals surface area contributed by atoms with Gasteiger partial charge in [-0.3, -0.25) is 4.90 Å². The van der Waals surface area contributed by atoms with Gasteiger partial charge in [0.25, 0.3) is 0 Å². The van der Waals surface area contributed by atoms with E-state index in [1.807, 2.05) is 0 Å². The minimum absolute atomic E-state index is 0.394. The van der Waals surface area contributed by atoms with E-state index in [0.717, 1.165) is 32.6 Å². The summed E-state index contributed by atoms with van der Waals surface area (Å²) in [6.45, 7) is 8.22. The molecule has 1 aromatic rings. The molecular formula is C16H23N3. The summed E-state index contributed by atoms with van der Waals surface area (Å²) in [7, 11) is 2.14. The molecule has 1 aliphatic rings. The van der Waals surface area contributed by atoms with E-state index in [2.05, 4.69) is 61.0 Å². The standard InChI is InChI=1S/C16H23N3/c1-14-5-4-6-15(11-14)12-16(2,13-17)19-9-7-18(3)8-10-19/h4-6,11H,7-10,12H2,1-3H3.